The predicted octanol–water partition coefficient (Wildman–Crippen LogP) is 4.95. The maximum Gasteiger partial charge on any atom is 0.353 e. The van der Waals surface area contributed by atoms with Crippen LogP contribution in [0.1, 0.15) is 11.8 Å². The Hall–Kier alpha value is -0.612. The molecule has 0 N–H and O–H groups in total. The van der Waals surface area contributed by atoms with E-state index in [9.17, 15) is 4.79 Å². The van der Waals surface area contributed by atoms with Gasteiger partial charge in [0.15, 0.2) is 31.2 Å². The fourth-order valence-electron chi connectivity index (χ4n) is 3.61. The molecule has 0 aromatic carbocycles. The monoisotopic (exact) mass is 546 g/mol. The van der Waals surface area contributed by atoms with E-state index in [-0.39, 0.29) is 12.2 Å². The molecule has 0 aliphatic carbocycles. The first-order valence-electron chi connectivity index (χ1n) is 12.1. The lowest BCUT2D eigenvalue weighted by molar-refractivity contribution is -0.0498. The van der Waals surface area contributed by atoms with Crippen molar-refractivity contribution >= 4 is 33.3 Å². The van der Waals surface area contributed by atoms with Gasteiger partial charge in [0.05, 0.1) is 6.61 Å². The van der Waals surface area contributed by atoms with Crippen molar-refractivity contribution in [1.82, 2.24) is 9.55 Å². The molecule has 0 radical (unpaired) electrons. The lowest BCUT2D eigenvalue weighted by Crippen LogP contribution is -2.49. The smallest absolute Gasteiger partial charge is 0.353 e. The van der Waals surface area contributed by atoms with Gasteiger partial charge in [-0.05, 0) is 85.5 Å². The molecule has 2 rings (SSSR count). The van der Waals surface area contributed by atoms with Crippen LogP contribution in [-0.4, -0.2) is 67.7 Å². The zero-order valence-corrected chi connectivity index (χ0v) is 27.4. The Bertz CT molecular complexity index is 899. The van der Waals surface area contributed by atoms with Gasteiger partial charge in [0.1, 0.15) is 18.3 Å². The molecule has 8 nitrogen and oxygen atoms in total. The minimum atomic E-state index is -2.01. The maximum atomic E-state index is 13.2. The summed E-state index contributed by atoms with van der Waals surface area (Å²) in [5.74, 6) is 0.398. The van der Waals surface area contributed by atoms with Gasteiger partial charge in [0.2, 0.25) is 14.2 Å². The van der Waals surface area contributed by atoms with Crippen LogP contribution in [0.4, 0.5) is 0 Å². The van der Waals surface area contributed by atoms with E-state index < -0.39 is 51.3 Å². The van der Waals surface area contributed by atoms with E-state index >= 15 is 0 Å². The molecule has 196 valence electrons. The number of hydrogen-bond acceptors (Lipinski definition) is 7. The molecule has 4 atom stereocenters. The average Bonchev–Trinajstić information content (AvgIpc) is 2.88. The zero-order valence-electron chi connectivity index (χ0n) is 23.4. The van der Waals surface area contributed by atoms with Gasteiger partial charge in [0, 0.05) is 11.8 Å². The summed E-state index contributed by atoms with van der Waals surface area (Å²) in [6.45, 7) is 27.9. The minimum absolute atomic E-state index is 0.329. The van der Waals surface area contributed by atoms with Gasteiger partial charge in [0.25, 0.3) is 0 Å². The molecule has 1 saturated heterocycles. The molecular formula is C22H46N2O6Si4. The van der Waals surface area contributed by atoms with Crippen LogP contribution in [0.25, 0.3) is 0 Å². The number of hydrogen-bond donors (Lipinski definition) is 0. The highest BCUT2D eigenvalue weighted by atomic mass is 28.4. The van der Waals surface area contributed by atoms with E-state index in [4.69, 9.17) is 22.4 Å². The average molecular weight is 547 g/mol. The summed E-state index contributed by atoms with van der Waals surface area (Å²) in [6.07, 6.45) is 0.0302. The van der Waals surface area contributed by atoms with Crippen LogP contribution < -0.4 is 10.1 Å². The Morgan fingerprint density at radius 2 is 1.38 bits per heavy atom. The first-order valence-corrected chi connectivity index (χ1v) is 25.7. The Kier molecular flexibility index (Phi) is 9.06. The largest absolute Gasteiger partial charge is 0.531 e. The fourth-order valence-corrected chi connectivity index (χ4v) is 7.23. The summed E-state index contributed by atoms with van der Waals surface area (Å²) < 4.78 is 33.6. The standard InChI is InChI=1S/C22H46N2O6Si4/c1-16-14-24(22(25)23-20(16)30-34(11,12)13)21-19(29-33(8,9)10)18(28-32(5,6)7)17(27-21)15-26-31(2,3)4/h14,17-19,21H,15H2,1-13H3/t17-,18-,19-,21?/m0/s1. The number of ether oxygens (including phenoxy) is 1. The molecule has 1 aromatic rings. The van der Waals surface area contributed by atoms with E-state index in [2.05, 4.69) is 83.5 Å². The highest BCUT2D eigenvalue weighted by Gasteiger charge is 2.50. The zero-order chi connectivity index (χ0) is 26.3. The number of aromatic nitrogens is 2. The van der Waals surface area contributed by atoms with Gasteiger partial charge >= 0.3 is 5.69 Å². The van der Waals surface area contributed by atoms with Crippen molar-refractivity contribution in [2.75, 3.05) is 6.61 Å². The third-order valence-corrected chi connectivity index (χ3v) is 8.51. The van der Waals surface area contributed by atoms with Crippen LogP contribution >= 0.6 is 0 Å². The van der Waals surface area contributed by atoms with Crippen molar-refractivity contribution in [2.45, 2.75) is 110 Å². The van der Waals surface area contributed by atoms with Crippen molar-refractivity contribution in [1.29, 1.82) is 0 Å². The minimum Gasteiger partial charge on any atom is -0.531 e. The number of aryl methyl sites for hydroxylation is 1. The van der Waals surface area contributed by atoms with E-state index in [1.54, 1.807) is 10.8 Å². The second kappa shape index (κ2) is 10.4. The van der Waals surface area contributed by atoms with Crippen LogP contribution in [0.15, 0.2) is 11.0 Å². The summed E-state index contributed by atoms with van der Waals surface area (Å²) in [5.41, 5.74) is 0.383. The van der Waals surface area contributed by atoms with Crippen molar-refractivity contribution < 1.29 is 22.4 Å². The fraction of sp³-hybridized carbons (Fsp3) is 0.818. The maximum absolute atomic E-state index is 13.2. The number of rotatable bonds is 10. The molecule has 1 unspecified atom stereocenters. The SMILES string of the molecule is Cc1cn(C2O[C@@H](CO[Si](C)(C)C)[C@H](O[Si](C)(C)C)[C@@H]2O[Si](C)(C)C)c(=O)nc1O[Si](C)(C)C. The third kappa shape index (κ3) is 9.12. The lowest BCUT2D eigenvalue weighted by Gasteiger charge is -2.34. The molecule has 1 aliphatic rings. The number of nitrogens with zero attached hydrogens (tertiary/aromatic N) is 2. The van der Waals surface area contributed by atoms with Gasteiger partial charge in [-0.25, -0.2) is 4.79 Å². The van der Waals surface area contributed by atoms with Gasteiger partial charge in [-0.3, -0.25) is 4.57 Å². The molecule has 0 saturated carbocycles. The van der Waals surface area contributed by atoms with Crippen LogP contribution in [0.5, 0.6) is 5.88 Å². The Balaban J connectivity index is 2.53. The van der Waals surface area contributed by atoms with Crippen LogP contribution in [0, 0.1) is 6.92 Å². The molecule has 0 bridgehead atoms. The highest BCUT2D eigenvalue weighted by Crippen LogP contribution is 2.37. The van der Waals surface area contributed by atoms with Crippen molar-refractivity contribution in [3.63, 3.8) is 0 Å². The van der Waals surface area contributed by atoms with Crippen molar-refractivity contribution in [3.05, 3.63) is 22.2 Å². The second-order valence-electron chi connectivity index (χ2n) is 13.0. The van der Waals surface area contributed by atoms with Crippen LogP contribution in [0.2, 0.25) is 78.6 Å². The topological polar surface area (TPSA) is 81.0 Å². The van der Waals surface area contributed by atoms with E-state index in [1.807, 2.05) is 6.92 Å². The summed E-state index contributed by atoms with van der Waals surface area (Å²) in [4.78, 5) is 17.5. The van der Waals surface area contributed by atoms with Gasteiger partial charge in [-0.1, -0.05) is 0 Å². The first-order chi connectivity index (χ1) is 15.2. The normalized spacial score (nSPS) is 24.5. The highest BCUT2D eigenvalue weighted by molar-refractivity contribution is 6.71. The van der Waals surface area contributed by atoms with Gasteiger partial charge in [-0.2, -0.15) is 4.98 Å². The molecular weight excluding hydrogens is 501 g/mol. The third-order valence-electron chi connectivity index (χ3n) is 4.71. The molecule has 1 aromatic heterocycles. The Morgan fingerprint density at radius 1 is 0.853 bits per heavy atom. The Morgan fingerprint density at radius 3 is 1.85 bits per heavy atom. The lowest BCUT2D eigenvalue weighted by atomic mass is 10.1. The summed E-state index contributed by atoms with van der Waals surface area (Å²) in [6, 6.07) is 0. The summed E-state index contributed by atoms with van der Waals surface area (Å²) in [5, 5.41) is 0. The molecule has 1 fully saturated rings. The van der Waals surface area contributed by atoms with Crippen molar-refractivity contribution in [3.8, 4) is 5.88 Å². The molecule has 1 aliphatic heterocycles. The molecule has 2 heterocycles. The Labute approximate surface area is 209 Å². The molecule has 34 heavy (non-hydrogen) atoms. The van der Waals surface area contributed by atoms with Gasteiger partial charge in [-0.15, -0.1) is 0 Å². The van der Waals surface area contributed by atoms with Gasteiger partial charge < -0.3 is 22.4 Å². The van der Waals surface area contributed by atoms with Crippen LogP contribution in [-0.2, 0) is 18.0 Å². The van der Waals surface area contributed by atoms with E-state index in [1.165, 1.54) is 0 Å². The summed E-state index contributed by atoms with van der Waals surface area (Å²) >= 11 is 0. The molecule has 0 amide bonds. The molecule has 0 spiro atoms. The summed E-state index contributed by atoms with van der Waals surface area (Å²) in [7, 11) is -7.66. The first kappa shape index (κ1) is 29.6. The van der Waals surface area contributed by atoms with E-state index in [0.717, 1.165) is 5.56 Å². The molecule has 12 heteroatoms. The van der Waals surface area contributed by atoms with Crippen molar-refractivity contribution in [2.24, 2.45) is 0 Å². The second-order valence-corrected chi connectivity index (χ2v) is 30.9. The quantitative estimate of drug-likeness (QED) is 0.384. The van der Waals surface area contributed by atoms with Crippen LogP contribution in [0.3, 0.4) is 0 Å². The predicted molar refractivity (Wildman–Crippen MR) is 147 cm³/mol. The van der Waals surface area contributed by atoms with E-state index in [0.29, 0.717) is 12.5 Å².